The van der Waals surface area contributed by atoms with Crippen LogP contribution in [0, 0.1) is 0 Å². The number of benzene rings is 3. The molecule has 1 heterocycles. The fraction of sp³-hybridized carbons (Fsp3) is 0.0385. The number of para-hydroxylation sites is 1. The van der Waals surface area contributed by atoms with Crippen LogP contribution in [-0.2, 0) is 6.54 Å². The maximum atomic E-state index is 12.8. The molecule has 4 rings (SSSR count). The second-order valence-electron chi connectivity index (χ2n) is 7.18. The third-order valence-electron chi connectivity index (χ3n) is 4.84. The highest BCUT2D eigenvalue weighted by atomic mass is 16.3. The van der Waals surface area contributed by atoms with Crippen LogP contribution in [0.5, 0.6) is 0 Å². The zero-order valence-electron chi connectivity index (χ0n) is 17.6. The van der Waals surface area contributed by atoms with Crippen molar-refractivity contribution in [2.45, 2.75) is 6.54 Å². The molecule has 0 aliphatic rings. The lowest BCUT2D eigenvalue weighted by Crippen LogP contribution is -2.25. The first-order valence-corrected chi connectivity index (χ1v) is 10.3. The molecule has 0 bridgehead atoms. The van der Waals surface area contributed by atoms with Crippen molar-refractivity contribution in [3.05, 3.63) is 120 Å². The molecule has 3 N–H and O–H groups in total. The van der Waals surface area contributed by atoms with Gasteiger partial charge in [0, 0.05) is 17.8 Å². The van der Waals surface area contributed by atoms with Gasteiger partial charge in [-0.3, -0.25) is 14.4 Å². The van der Waals surface area contributed by atoms with Gasteiger partial charge in [-0.1, -0.05) is 42.5 Å². The van der Waals surface area contributed by atoms with E-state index in [4.69, 9.17) is 4.42 Å². The lowest BCUT2D eigenvalue weighted by molar-refractivity contribution is 0.0950. The Morgan fingerprint density at radius 1 is 0.697 bits per heavy atom. The highest BCUT2D eigenvalue weighted by molar-refractivity contribution is 6.09. The summed E-state index contributed by atoms with van der Waals surface area (Å²) in [6.45, 7) is 0.240. The average molecular weight is 439 g/mol. The number of hydrogen-bond donors (Lipinski definition) is 3. The molecule has 3 aromatic carbocycles. The molecule has 0 aliphatic heterocycles. The Morgan fingerprint density at radius 3 is 2.27 bits per heavy atom. The summed E-state index contributed by atoms with van der Waals surface area (Å²) < 4.78 is 5.09. The Labute approximate surface area is 190 Å². The maximum absolute atomic E-state index is 12.8. The van der Waals surface area contributed by atoms with Crippen molar-refractivity contribution in [3.63, 3.8) is 0 Å². The molecule has 7 nitrogen and oxygen atoms in total. The number of furan rings is 1. The highest BCUT2D eigenvalue weighted by Gasteiger charge is 2.14. The van der Waals surface area contributed by atoms with Gasteiger partial charge in [0.25, 0.3) is 17.7 Å². The van der Waals surface area contributed by atoms with Crippen LogP contribution in [0.15, 0.2) is 102 Å². The van der Waals surface area contributed by atoms with Gasteiger partial charge < -0.3 is 20.4 Å². The van der Waals surface area contributed by atoms with Gasteiger partial charge in [0.15, 0.2) is 5.76 Å². The van der Waals surface area contributed by atoms with Crippen molar-refractivity contribution in [2.75, 3.05) is 10.6 Å². The van der Waals surface area contributed by atoms with Crippen molar-refractivity contribution in [3.8, 4) is 0 Å². The predicted octanol–water partition coefficient (Wildman–Crippen LogP) is 4.71. The summed E-state index contributed by atoms with van der Waals surface area (Å²) in [4.78, 5) is 37.5. The standard InChI is InChI=1S/C26H21N3O4/c30-24(19-9-2-1-3-10-19)29-22-13-5-4-12-21(22)25(31)27-17-18-8-6-11-20(16-18)28-26(32)23-14-7-15-33-23/h1-16H,17H2,(H,27,31)(H,28,32)(H,29,30). The van der Waals surface area contributed by atoms with Crippen LogP contribution < -0.4 is 16.0 Å². The van der Waals surface area contributed by atoms with Crippen LogP contribution in [-0.4, -0.2) is 17.7 Å². The number of anilines is 2. The Kier molecular flexibility index (Phi) is 6.61. The van der Waals surface area contributed by atoms with Crippen molar-refractivity contribution >= 4 is 29.1 Å². The van der Waals surface area contributed by atoms with E-state index in [9.17, 15) is 14.4 Å². The second-order valence-corrected chi connectivity index (χ2v) is 7.18. The van der Waals surface area contributed by atoms with Gasteiger partial charge in [-0.15, -0.1) is 0 Å². The number of hydrogen-bond acceptors (Lipinski definition) is 4. The summed E-state index contributed by atoms with van der Waals surface area (Å²) in [5.41, 5.74) is 2.65. The molecule has 0 saturated heterocycles. The molecule has 0 radical (unpaired) electrons. The Morgan fingerprint density at radius 2 is 1.48 bits per heavy atom. The normalized spacial score (nSPS) is 10.3. The van der Waals surface area contributed by atoms with E-state index in [1.165, 1.54) is 6.26 Å². The molecule has 4 aromatic rings. The lowest BCUT2D eigenvalue weighted by atomic mass is 10.1. The third kappa shape index (κ3) is 5.54. The van der Waals surface area contributed by atoms with Gasteiger partial charge >= 0.3 is 0 Å². The van der Waals surface area contributed by atoms with Crippen LogP contribution >= 0.6 is 0 Å². The van der Waals surface area contributed by atoms with Gasteiger partial charge in [0.05, 0.1) is 17.5 Å². The van der Waals surface area contributed by atoms with Gasteiger partial charge in [-0.05, 0) is 54.1 Å². The minimum absolute atomic E-state index is 0.211. The minimum atomic E-state index is -0.357. The SMILES string of the molecule is O=C(Nc1ccccc1C(=O)NCc1cccc(NC(=O)c2ccco2)c1)c1ccccc1. The summed E-state index contributed by atoms with van der Waals surface area (Å²) in [5.74, 6) is -0.771. The highest BCUT2D eigenvalue weighted by Crippen LogP contribution is 2.17. The topological polar surface area (TPSA) is 100 Å². The predicted molar refractivity (Wildman–Crippen MR) is 125 cm³/mol. The van der Waals surface area contributed by atoms with E-state index in [0.29, 0.717) is 22.5 Å². The Bertz CT molecular complexity index is 1270. The summed E-state index contributed by atoms with van der Waals surface area (Å²) in [6, 6.07) is 26.0. The van der Waals surface area contributed by atoms with Crippen molar-refractivity contribution < 1.29 is 18.8 Å². The van der Waals surface area contributed by atoms with E-state index in [1.54, 1.807) is 78.9 Å². The van der Waals surface area contributed by atoms with Crippen LogP contribution in [0.4, 0.5) is 11.4 Å². The van der Waals surface area contributed by atoms with E-state index in [0.717, 1.165) is 5.56 Å². The van der Waals surface area contributed by atoms with E-state index in [-0.39, 0.29) is 30.0 Å². The number of nitrogens with one attached hydrogen (secondary N) is 3. The molecule has 0 spiro atoms. The van der Waals surface area contributed by atoms with E-state index in [2.05, 4.69) is 16.0 Å². The summed E-state index contributed by atoms with van der Waals surface area (Å²) in [7, 11) is 0. The zero-order chi connectivity index (χ0) is 23.0. The largest absolute Gasteiger partial charge is 0.459 e. The van der Waals surface area contributed by atoms with Crippen LogP contribution in [0.2, 0.25) is 0 Å². The molecule has 0 unspecified atom stereocenters. The molecule has 0 aliphatic carbocycles. The Hall–Kier alpha value is -4.65. The molecule has 33 heavy (non-hydrogen) atoms. The lowest BCUT2D eigenvalue weighted by Gasteiger charge is -2.12. The number of rotatable bonds is 7. The Balaban J connectivity index is 1.40. The molecule has 7 heteroatoms. The smallest absolute Gasteiger partial charge is 0.291 e. The van der Waals surface area contributed by atoms with Crippen LogP contribution in [0.25, 0.3) is 0 Å². The first-order chi connectivity index (χ1) is 16.1. The maximum Gasteiger partial charge on any atom is 0.291 e. The fourth-order valence-electron chi connectivity index (χ4n) is 3.21. The zero-order valence-corrected chi connectivity index (χ0v) is 17.6. The molecule has 3 amide bonds. The minimum Gasteiger partial charge on any atom is -0.459 e. The van der Waals surface area contributed by atoms with Gasteiger partial charge in [-0.25, -0.2) is 0 Å². The fourth-order valence-corrected chi connectivity index (χ4v) is 3.21. The van der Waals surface area contributed by atoms with Gasteiger partial charge in [-0.2, -0.15) is 0 Å². The van der Waals surface area contributed by atoms with Crippen molar-refractivity contribution in [2.24, 2.45) is 0 Å². The molecular formula is C26H21N3O4. The quantitative estimate of drug-likeness (QED) is 0.388. The third-order valence-corrected chi connectivity index (χ3v) is 4.84. The van der Waals surface area contributed by atoms with E-state index < -0.39 is 0 Å². The van der Waals surface area contributed by atoms with Crippen molar-refractivity contribution in [1.82, 2.24) is 5.32 Å². The van der Waals surface area contributed by atoms with E-state index in [1.807, 2.05) is 12.1 Å². The molecular weight excluding hydrogens is 418 g/mol. The molecule has 164 valence electrons. The molecule has 1 aromatic heterocycles. The van der Waals surface area contributed by atoms with Gasteiger partial charge in [0.1, 0.15) is 0 Å². The molecule has 0 atom stereocenters. The molecule has 0 fully saturated rings. The van der Waals surface area contributed by atoms with Crippen LogP contribution in [0.3, 0.4) is 0 Å². The van der Waals surface area contributed by atoms with Gasteiger partial charge in [0.2, 0.25) is 0 Å². The summed E-state index contributed by atoms with van der Waals surface area (Å²) in [6.07, 6.45) is 1.43. The molecule has 0 saturated carbocycles. The monoisotopic (exact) mass is 439 g/mol. The summed E-state index contributed by atoms with van der Waals surface area (Å²) in [5, 5.41) is 8.41. The summed E-state index contributed by atoms with van der Waals surface area (Å²) >= 11 is 0. The number of amides is 3. The van der Waals surface area contributed by atoms with Crippen LogP contribution in [0.1, 0.15) is 36.8 Å². The number of carbonyl (C=O) groups is 3. The first kappa shape index (κ1) is 21.6. The average Bonchev–Trinajstić information content (AvgIpc) is 3.39. The number of carbonyl (C=O) groups excluding carboxylic acids is 3. The first-order valence-electron chi connectivity index (χ1n) is 10.3. The van der Waals surface area contributed by atoms with Crippen molar-refractivity contribution in [1.29, 1.82) is 0 Å². The second kappa shape index (κ2) is 10.1. The van der Waals surface area contributed by atoms with E-state index >= 15 is 0 Å².